The van der Waals surface area contributed by atoms with Gasteiger partial charge in [0.05, 0.1) is 0 Å². The van der Waals surface area contributed by atoms with Crippen LogP contribution in [0.4, 0.5) is 11.6 Å². The Balaban J connectivity index is 2.14. The number of likely N-dealkylation sites (N-methyl/N-ethyl adjacent to an activating group) is 1. The van der Waals surface area contributed by atoms with E-state index in [1.807, 2.05) is 13.0 Å². The van der Waals surface area contributed by atoms with Gasteiger partial charge in [0.2, 0.25) is 0 Å². The molecule has 0 amide bonds. The van der Waals surface area contributed by atoms with Gasteiger partial charge in [-0.1, -0.05) is 13.0 Å². The lowest BCUT2D eigenvalue weighted by atomic mass is 10.2. The summed E-state index contributed by atoms with van der Waals surface area (Å²) in [7, 11) is 2.06. The Morgan fingerprint density at radius 1 is 1.42 bits per heavy atom. The highest BCUT2D eigenvalue weighted by Crippen LogP contribution is 2.19. The molecule has 0 saturated carbocycles. The Bertz CT molecular complexity index is 524. The van der Waals surface area contributed by atoms with Crippen LogP contribution in [-0.2, 0) is 12.8 Å². The number of nitrogens with zero attached hydrogens (tertiary/aromatic N) is 3. The predicted molar refractivity (Wildman–Crippen MR) is 81.7 cm³/mol. The van der Waals surface area contributed by atoms with Crippen LogP contribution in [0.2, 0.25) is 0 Å². The molecule has 0 aliphatic carbocycles. The summed E-state index contributed by atoms with van der Waals surface area (Å²) < 4.78 is 0. The molecule has 2 aromatic heterocycles. The lowest BCUT2D eigenvalue weighted by molar-refractivity contribution is 0.677. The minimum Gasteiger partial charge on any atom is -0.384 e. The van der Waals surface area contributed by atoms with Crippen molar-refractivity contribution in [2.45, 2.75) is 32.7 Å². The van der Waals surface area contributed by atoms with Gasteiger partial charge in [-0.25, -0.2) is 9.97 Å². The number of nitrogens with two attached hydrogens (primary N) is 1. The second kappa shape index (κ2) is 6.02. The van der Waals surface area contributed by atoms with Crippen LogP contribution < -0.4 is 10.6 Å². The molecule has 0 fully saturated rings. The zero-order valence-electron chi connectivity index (χ0n) is 11.6. The number of aryl methyl sites for hydroxylation is 1. The highest BCUT2D eigenvalue weighted by Gasteiger charge is 2.14. The minimum absolute atomic E-state index is 0.373. The summed E-state index contributed by atoms with van der Waals surface area (Å²) in [5, 5.41) is 2.11. The monoisotopic (exact) mass is 276 g/mol. The van der Waals surface area contributed by atoms with Crippen LogP contribution >= 0.6 is 11.3 Å². The number of hydrogen-bond acceptors (Lipinski definition) is 5. The van der Waals surface area contributed by atoms with Crippen molar-refractivity contribution < 1.29 is 0 Å². The highest BCUT2D eigenvalue weighted by atomic mass is 32.1. The second-order valence-electron chi connectivity index (χ2n) is 4.66. The molecule has 2 aromatic rings. The van der Waals surface area contributed by atoms with Crippen molar-refractivity contribution in [2.75, 3.05) is 17.7 Å². The second-order valence-corrected chi connectivity index (χ2v) is 5.70. The molecule has 0 aliphatic rings. The number of anilines is 2. The Morgan fingerprint density at radius 3 is 2.84 bits per heavy atom. The highest BCUT2D eigenvalue weighted by molar-refractivity contribution is 7.09. The maximum Gasteiger partial charge on any atom is 0.134 e. The lowest BCUT2D eigenvalue weighted by Crippen LogP contribution is -2.31. The summed E-state index contributed by atoms with van der Waals surface area (Å²) in [6.45, 7) is 4.23. The minimum atomic E-state index is 0.373. The van der Waals surface area contributed by atoms with E-state index in [0.29, 0.717) is 11.9 Å². The van der Waals surface area contributed by atoms with E-state index >= 15 is 0 Å². The van der Waals surface area contributed by atoms with Gasteiger partial charge in [0.15, 0.2) is 0 Å². The summed E-state index contributed by atoms with van der Waals surface area (Å²) in [4.78, 5) is 12.3. The van der Waals surface area contributed by atoms with E-state index in [9.17, 15) is 0 Å². The van der Waals surface area contributed by atoms with Crippen LogP contribution in [0, 0.1) is 0 Å². The molecule has 19 heavy (non-hydrogen) atoms. The topological polar surface area (TPSA) is 55.0 Å². The molecule has 2 N–H and O–H groups in total. The summed E-state index contributed by atoms with van der Waals surface area (Å²) in [5.41, 5.74) is 5.83. The lowest BCUT2D eigenvalue weighted by Gasteiger charge is -2.26. The third-order valence-electron chi connectivity index (χ3n) is 3.19. The van der Waals surface area contributed by atoms with Gasteiger partial charge in [-0.3, -0.25) is 0 Å². The van der Waals surface area contributed by atoms with Crippen LogP contribution in [-0.4, -0.2) is 23.1 Å². The molecule has 0 radical (unpaired) electrons. The van der Waals surface area contributed by atoms with E-state index in [0.717, 1.165) is 24.5 Å². The Hall–Kier alpha value is -1.62. The molecule has 1 unspecified atom stereocenters. The van der Waals surface area contributed by atoms with Crippen molar-refractivity contribution >= 4 is 23.0 Å². The summed E-state index contributed by atoms with van der Waals surface area (Å²) in [5.74, 6) is 2.23. The van der Waals surface area contributed by atoms with Gasteiger partial charge in [0.1, 0.15) is 17.5 Å². The van der Waals surface area contributed by atoms with Gasteiger partial charge in [-0.15, -0.1) is 11.3 Å². The molecule has 0 spiro atoms. The smallest absolute Gasteiger partial charge is 0.134 e. The van der Waals surface area contributed by atoms with Gasteiger partial charge in [-0.2, -0.15) is 0 Å². The summed E-state index contributed by atoms with van der Waals surface area (Å²) in [6, 6.07) is 6.47. The quantitative estimate of drug-likeness (QED) is 0.912. The van der Waals surface area contributed by atoms with Crippen molar-refractivity contribution in [3.05, 3.63) is 34.3 Å². The van der Waals surface area contributed by atoms with Crippen molar-refractivity contribution in [3.63, 3.8) is 0 Å². The van der Waals surface area contributed by atoms with Crippen LogP contribution in [0.1, 0.15) is 24.5 Å². The van der Waals surface area contributed by atoms with Crippen LogP contribution in [0.25, 0.3) is 0 Å². The SMILES string of the molecule is CCc1nc(N)cc(N(C)C(C)Cc2cccs2)n1. The van der Waals surface area contributed by atoms with E-state index < -0.39 is 0 Å². The Morgan fingerprint density at radius 2 is 2.21 bits per heavy atom. The number of hydrogen-bond donors (Lipinski definition) is 1. The van der Waals surface area contributed by atoms with Crippen LogP contribution in [0.5, 0.6) is 0 Å². The maximum absolute atomic E-state index is 5.83. The van der Waals surface area contributed by atoms with E-state index in [-0.39, 0.29) is 0 Å². The van der Waals surface area contributed by atoms with Crippen molar-refractivity contribution in [2.24, 2.45) is 0 Å². The molecule has 102 valence electrons. The first kappa shape index (κ1) is 13.8. The zero-order chi connectivity index (χ0) is 13.8. The fourth-order valence-corrected chi connectivity index (χ4v) is 2.75. The molecular weight excluding hydrogens is 256 g/mol. The molecule has 0 aliphatic heterocycles. The maximum atomic E-state index is 5.83. The Labute approximate surface area is 118 Å². The third-order valence-corrected chi connectivity index (χ3v) is 4.09. The standard InChI is InChI=1S/C14H20N4S/c1-4-13-16-12(15)9-14(17-13)18(3)10(2)8-11-6-5-7-19-11/h5-7,9-10H,4,8H2,1-3H3,(H2,15,16,17). The summed E-state index contributed by atoms with van der Waals surface area (Å²) >= 11 is 1.79. The molecule has 0 aromatic carbocycles. The zero-order valence-corrected chi connectivity index (χ0v) is 12.4. The van der Waals surface area contributed by atoms with Gasteiger partial charge in [-0.05, 0) is 18.4 Å². The molecule has 0 bridgehead atoms. The van der Waals surface area contributed by atoms with Gasteiger partial charge in [0.25, 0.3) is 0 Å². The van der Waals surface area contributed by atoms with Gasteiger partial charge < -0.3 is 10.6 Å². The first-order valence-electron chi connectivity index (χ1n) is 6.48. The van der Waals surface area contributed by atoms with E-state index in [1.54, 1.807) is 11.3 Å². The van der Waals surface area contributed by atoms with Crippen molar-refractivity contribution in [3.8, 4) is 0 Å². The Kier molecular flexibility index (Phi) is 4.37. The molecule has 1 atom stereocenters. The summed E-state index contributed by atoms with van der Waals surface area (Å²) in [6.07, 6.45) is 1.81. The van der Waals surface area contributed by atoms with Gasteiger partial charge >= 0.3 is 0 Å². The van der Waals surface area contributed by atoms with E-state index in [1.165, 1.54) is 4.88 Å². The number of rotatable bonds is 5. The number of aromatic nitrogens is 2. The normalized spacial score (nSPS) is 12.4. The van der Waals surface area contributed by atoms with Gasteiger partial charge in [0, 0.05) is 36.9 Å². The van der Waals surface area contributed by atoms with Crippen molar-refractivity contribution in [1.82, 2.24) is 9.97 Å². The first-order valence-corrected chi connectivity index (χ1v) is 7.36. The molecular formula is C14H20N4S. The fraction of sp³-hybridized carbons (Fsp3) is 0.429. The molecule has 2 heterocycles. The molecule has 5 heteroatoms. The molecule has 0 saturated heterocycles. The number of nitrogen functional groups attached to an aromatic ring is 1. The molecule has 4 nitrogen and oxygen atoms in total. The fourth-order valence-electron chi connectivity index (χ4n) is 1.92. The van der Waals surface area contributed by atoms with Crippen LogP contribution in [0.3, 0.4) is 0 Å². The third kappa shape index (κ3) is 3.44. The average Bonchev–Trinajstić information content (AvgIpc) is 2.89. The first-order chi connectivity index (χ1) is 9.10. The average molecular weight is 276 g/mol. The van der Waals surface area contributed by atoms with E-state index in [2.05, 4.69) is 46.4 Å². The van der Waals surface area contributed by atoms with E-state index in [4.69, 9.17) is 5.73 Å². The molecule has 2 rings (SSSR count). The largest absolute Gasteiger partial charge is 0.384 e. The van der Waals surface area contributed by atoms with Crippen LogP contribution in [0.15, 0.2) is 23.6 Å². The number of thiophene rings is 1. The predicted octanol–water partition coefficient (Wildman–Crippen LogP) is 2.75. The van der Waals surface area contributed by atoms with Crippen molar-refractivity contribution in [1.29, 1.82) is 0 Å².